The average molecular weight is 379 g/mol. The lowest BCUT2D eigenvalue weighted by molar-refractivity contribution is 0.628. The van der Waals surface area contributed by atoms with Crippen molar-refractivity contribution in [2.75, 3.05) is 5.73 Å². The zero-order valence-electron chi connectivity index (χ0n) is 15.9. The van der Waals surface area contributed by atoms with Gasteiger partial charge >= 0.3 is 0 Å². The van der Waals surface area contributed by atoms with Gasteiger partial charge in [0.1, 0.15) is 23.3 Å². The molecule has 140 valence electrons. The summed E-state index contributed by atoms with van der Waals surface area (Å²) in [4.78, 5) is 4.43. The Balaban J connectivity index is 1.86. The lowest BCUT2D eigenvalue weighted by atomic mass is 9.92. The van der Waals surface area contributed by atoms with E-state index >= 15 is 0 Å². The van der Waals surface area contributed by atoms with E-state index in [1.54, 1.807) is 12.1 Å². The first-order chi connectivity index (χ1) is 14.1. The molecule has 0 saturated carbocycles. The number of rotatable bonds is 3. The van der Waals surface area contributed by atoms with Crippen molar-refractivity contribution in [1.82, 2.24) is 4.98 Å². The Morgan fingerprint density at radius 2 is 1.34 bits per heavy atom. The molecule has 4 rings (SSSR count). The van der Waals surface area contributed by atoms with Crippen LogP contribution >= 0.6 is 0 Å². The van der Waals surface area contributed by atoms with E-state index in [1.807, 2.05) is 49.4 Å². The number of nitriles is 1. The van der Waals surface area contributed by atoms with Gasteiger partial charge in [0.2, 0.25) is 0 Å². The van der Waals surface area contributed by atoms with Gasteiger partial charge in [-0.25, -0.2) is 9.37 Å². The van der Waals surface area contributed by atoms with Crippen molar-refractivity contribution in [3.63, 3.8) is 0 Å². The number of pyridine rings is 1. The molecule has 0 amide bonds. The monoisotopic (exact) mass is 379 g/mol. The first-order valence-corrected chi connectivity index (χ1v) is 9.20. The van der Waals surface area contributed by atoms with Crippen molar-refractivity contribution >= 4 is 5.82 Å². The van der Waals surface area contributed by atoms with Crippen LogP contribution in [0.1, 0.15) is 11.1 Å². The maximum Gasteiger partial charge on any atom is 0.142 e. The summed E-state index contributed by atoms with van der Waals surface area (Å²) in [6.07, 6.45) is 0. The third kappa shape index (κ3) is 3.46. The molecule has 0 aliphatic heterocycles. The zero-order chi connectivity index (χ0) is 20.4. The highest BCUT2D eigenvalue weighted by molar-refractivity contribution is 5.85. The van der Waals surface area contributed by atoms with Crippen LogP contribution in [0.15, 0.2) is 78.9 Å². The summed E-state index contributed by atoms with van der Waals surface area (Å²) in [5.74, 6) is -0.149. The van der Waals surface area contributed by atoms with Crippen LogP contribution < -0.4 is 5.73 Å². The van der Waals surface area contributed by atoms with E-state index in [9.17, 15) is 9.65 Å². The highest BCUT2D eigenvalue weighted by atomic mass is 19.1. The number of benzene rings is 3. The Labute approximate surface area is 168 Å². The Kier molecular flexibility index (Phi) is 4.80. The van der Waals surface area contributed by atoms with Gasteiger partial charge in [0, 0.05) is 11.1 Å². The van der Waals surface area contributed by atoms with Gasteiger partial charge in [-0.2, -0.15) is 5.26 Å². The standard InChI is InChI=1S/C25H18FN3/c1-16-23(19-9-7-18(8-10-19)17-5-3-2-4-6-17)22(15-27)25(28)29-24(16)20-11-13-21(26)14-12-20/h2-14H,1H3,(H2,28,29). The van der Waals surface area contributed by atoms with Crippen LogP contribution in [0.5, 0.6) is 0 Å². The minimum atomic E-state index is -0.315. The van der Waals surface area contributed by atoms with Gasteiger partial charge in [-0.3, -0.25) is 0 Å². The van der Waals surface area contributed by atoms with Crippen LogP contribution in [0.2, 0.25) is 0 Å². The molecule has 0 aliphatic carbocycles. The third-order valence-electron chi connectivity index (χ3n) is 4.98. The fraction of sp³-hybridized carbons (Fsp3) is 0.0400. The second kappa shape index (κ2) is 7.57. The molecule has 0 bridgehead atoms. The first-order valence-electron chi connectivity index (χ1n) is 9.20. The lowest BCUT2D eigenvalue weighted by Gasteiger charge is -2.15. The minimum absolute atomic E-state index is 0.166. The molecule has 2 N–H and O–H groups in total. The molecule has 3 nitrogen and oxygen atoms in total. The van der Waals surface area contributed by atoms with Crippen molar-refractivity contribution in [3.8, 4) is 39.6 Å². The topological polar surface area (TPSA) is 62.7 Å². The predicted molar refractivity (Wildman–Crippen MR) is 114 cm³/mol. The minimum Gasteiger partial charge on any atom is -0.383 e. The number of nitrogens with two attached hydrogens (primary N) is 1. The Morgan fingerprint density at radius 1 is 0.793 bits per heavy atom. The van der Waals surface area contributed by atoms with Crippen molar-refractivity contribution in [1.29, 1.82) is 5.26 Å². The molecule has 0 spiro atoms. The molecule has 1 aromatic heterocycles. The largest absolute Gasteiger partial charge is 0.383 e. The number of halogens is 1. The second-order valence-corrected chi connectivity index (χ2v) is 6.78. The zero-order valence-corrected chi connectivity index (χ0v) is 15.9. The second-order valence-electron chi connectivity index (χ2n) is 6.78. The van der Waals surface area contributed by atoms with E-state index in [2.05, 4.69) is 23.2 Å². The van der Waals surface area contributed by atoms with Crippen molar-refractivity contribution in [2.24, 2.45) is 0 Å². The van der Waals surface area contributed by atoms with Gasteiger partial charge in [-0.1, -0.05) is 54.6 Å². The smallest absolute Gasteiger partial charge is 0.142 e. The van der Waals surface area contributed by atoms with Crippen LogP contribution in [0, 0.1) is 24.1 Å². The van der Waals surface area contributed by atoms with Gasteiger partial charge in [0.05, 0.1) is 5.69 Å². The predicted octanol–water partition coefficient (Wildman–Crippen LogP) is 5.98. The lowest BCUT2D eigenvalue weighted by Crippen LogP contribution is -2.03. The fourth-order valence-corrected chi connectivity index (χ4v) is 3.52. The molecule has 0 atom stereocenters. The van der Waals surface area contributed by atoms with Crippen molar-refractivity contribution in [3.05, 3.63) is 95.8 Å². The summed E-state index contributed by atoms with van der Waals surface area (Å²) in [7, 11) is 0. The molecular formula is C25H18FN3. The Hall–Kier alpha value is -3.97. The summed E-state index contributed by atoms with van der Waals surface area (Å²) in [5, 5.41) is 9.70. The van der Waals surface area contributed by atoms with Gasteiger partial charge in [0.25, 0.3) is 0 Å². The summed E-state index contributed by atoms with van der Waals surface area (Å²) in [6, 6.07) is 26.4. The molecule has 0 saturated heterocycles. The maximum absolute atomic E-state index is 13.3. The van der Waals surface area contributed by atoms with Crippen LogP contribution in [0.3, 0.4) is 0 Å². The van der Waals surface area contributed by atoms with Crippen LogP contribution in [0.25, 0.3) is 33.5 Å². The number of hydrogen-bond acceptors (Lipinski definition) is 3. The molecule has 4 aromatic rings. The summed E-state index contributed by atoms with van der Waals surface area (Å²) >= 11 is 0. The SMILES string of the molecule is Cc1c(-c2ccc(F)cc2)nc(N)c(C#N)c1-c1ccc(-c2ccccc2)cc1. The molecule has 0 unspecified atom stereocenters. The van der Waals surface area contributed by atoms with Crippen LogP contribution in [-0.2, 0) is 0 Å². The van der Waals surface area contributed by atoms with E-state index < -0.39 is 0 Å². The molecule has 0 fully saturated rings. The molecule has 0 aliphatic rings. The number of anilines is 1. The van der Waals surface area contributed by atoms with E-state index in [1.165, 1.54) is 12.1 Å². The van der Waals surface area contributed by atoms with Gasteiger partial charge in [-0.05, 0) is 53.4 Å². The number of aromatic nitrogens is 1. The average Bonchev–Trinajstić information content (AvgIpc) is 2.76. The maximum atomic E-state index is 13.3. The van der Waals surface area contributed by atoms with Crippen LogP contribution in [-0.4, -0.2) is 4.98 Å². The van der Waals surface area contributed by atoms with Gasteiger partial charge in [0.15, 0.2) is 0 Å². The molecule has 0 radical (unpaired) electrons. The molecule has 3 aromatic carbocycles. The van der Waals surface area contributed by atoms with Gasteiger partial charge in [-0.15, -0.1) is 0 Å². The summed E-state index contributed by atoms with van der Waals surface area (Å²) < 4.78 is 13.3. The highest BCUT2D eigenvalue weighted by Gasteiger charge is 2.18. The molecule has 4 heteroatoms. The van der Waals surface area contributed by atoms with E-state index in [0.717, 1.165) is 33.4 Å². The van der Waals surface area contributed by atoms with E-state index in [0.29, 0.717) is 11.3 Å². The van der Waals surface area contributed by atoms with Crippen molar-refractivity contribution < 1.29 is 4.39 Å². The molecular weight excluding hydrogens is 361 g/mol. The summed E-state index contributed by atoms with van der Waals surface area (Å²) in [5.41, 5.74) is 12.5. The number of nitrogen functional groups attached to an aromatic ring is 1. The fourth-order valence-electron chi connectivity index (χ4n) is 3.52. The molecule has 1 heterocycles. The quantitative estimate of drug-likeness (QED) is 0.476. The third-order valence-corrected chi connectivity index (χ3v) is 4.98. The number of hydrogen-bond donors (Lipinski definition) is 1. The Bertz CT molecular complexity index is 1210. The Morgan fingerprint density at radius 3 is 1.97 bits per heavy atom. The van der Waals surface area contributed by atoms with Gasteiger partial charge < -0.3 is 5.73 Å². The van der Waals surface area contributed by atoms with Crippen LogP contribution in [0.4, 0.5) is 10.2 Å². The van der Waals surface area contributed by atoms with E-state index in [-0.39, 0.29) is 11.6 Å². The number of nitrogens with zero attached hydrogens (tertiary/aromatic N) is 2. The normalized spacial score (nSPS) is 10.5. The highest BCUT2D eigenvalue weighted by Crippen LogP contribution is 2.36. The van der Waals surface area contributed by atoms with E-state index in [4.69, 9.17) is 5.73 Å². The summed E-state index contributed by atoms with van der Waals surface area (Å²) in [6.45, 7) is 1.91. The van der Waals surface area contributed by atoms with Crippen molar-refractivity contribution in [2.45, 2.75) is 6.92 Å². The molecule has 29 heavy (non-hydrogen) atoms. The first kappa shape index (κ1) is 18.4.